The number of hydrogen-bond donors (Lipinski definition) is 3. The Hall–Kier alpha value is -2.11. The van der Waals surface area contributed by atoms with Crippen LogP contribution in [0.1, 0.15) is 22.8 Å². The molecular formula is C15H15ClN2O3. The van der Waals surface area contributed by atoms with Crippen molar-refractivity contribution in [2.75, 3.05) is 6.54 Å². The van der Waals surface area contributed by atoms with Gasteiger partial charge in [-0.05, 0) is 30.7 Å². The largest absolute Gasteiger partial charge is 0.384 e. The highest BCUT2D eigenvalue weighted by Gasteiger charge is 2.24. The Bertz CT molecular complexity index is 672. The van der Waals surface area contributed by atoms with Gasteiger partial charge in [-0.3, -0.25) is 9.59 Å². The third-order valence-electron chi connectivity index (χ3n) is 3.11. The number of nitrogens with one attached hydrogen (secondary N) is 2. The highest BCUT2D eigenvalue weighted by molar-refractivity contribution is 6.30. The van der Waals surface area contributed by atoms with Gasteiger partial charge in [0.1, 0.15) is 5.60 Å². The van der Waals surface area contributed by atoms with Crippen LogP contribution in [0, 0.1) is 0 Å². The van der Waals surface area contributed by atoms with Crippen molar-refractivity contribution < 1.29 is 9.90 Å². The van der Waals surface area contributed by atoms with E-state index in [4.69, 9.17) is 11.6 Å². The van der Waals surface area contributed by atoms with Crippen molar-refractivity contribution in [3.63, 3.8) is 0 Å². The Labute approximate surface area is 126 Å². The summed E-state index contributed by atoms with van der Waals surface area (Å²) in [6.45, 7) is 1.63. The molecule has 5 nitrogen and oxygen atoms in total. The smallest absolute Gasteiger partial charge is 0.252 e. The summed E-state index contributed by atoms with van der Waals surface area (Å²) in [5, 5.41) is 13.6. The molecule has 0 aliphatic heterocycles. The molecule has 3 N–H and O–H groups in total. The quantitative estimate of drug-likeness (QED) is 0.803. The number of H-pyrrole nitrogens is 1. The molecule has 1 heterocycles. The summed E-state index contributed by atoms with van der Waals surface area (Å²) < 4.78 is 0. The lowest BCUT2D eigenvalue weighted by molar-refractivity contribution is 0.0526. The second-order valence-electron chi connectivity index (χ2n) is 4.91. The molecule has 0 aliphatic rings. The Balaban J connectivity index is 2.04. The van der Waals surface area contributed by atoms with Crippen LogP contribution in [0.4, 0.5) is 0 Å². The van der Waals surface area contributed by atoms with E-state index < -0.39 is 5.60 Å². The van der Waals surface area contributed by atoms with E-state index in [1.165, 1.54) is 18.3 Å². The number of amides is 1. The minimum Gasteiger partial charge on any atom is -0.384 e. The van der Waals surface area contributed by atoms with Gasteiger partial charge in [0.15, 0.2) is 0 Å². The number of halogens is 1. The molecule has 0 saturated carbocycles. The summed E-state index contributed by atoms with van der Waals surface area (Å²) in [5.41, 5.74) is -0.530. The van der Waals surface area contributed by atoms with Gasteiger partial charge >= 0.3 is 0 Å². The second kappa shape index (κ2) is 6.11. The van der Waals surface area contributed by atoms with E-state index in [1.807, 2.05) is 0 Å². The predicted octanol–water partition coefficient (Wildman–Crippen LogP) is 1.67. The van der Waals surface area contributed by atoms with E-state index in [1.54, 1.807) is 31.2 Å². The summed E-state index contributed by atoms with van der Waals surface area (Å²) >= 11 is 5.80. The molecule has 6 heteroatoms. The lowest BCUT2D eigenvalue weighted by Crippen LogP contribution is -2.38. The molecule has 1 aromatic heterocycles. The fourth-order valence-electron chi connectivity index (χ4n) is 1.82. The van der Waals surface area contributed by atoms with Gasteiger partial charge in [0.2, 0.25) is 5.56 Å². The molecule has 0 fully saturated rings. The molecule has 110 valence electrons. The van der Waals surface area contributed by atoms with E-state index in [0.29, 0.717) is 16.1 Å². The maximum absolute atomic E-state index is 11.9. The van der Waals surface area contributed by atoms with Crippen molar-refractivity contribution in [1.29, 1.82) is 0 Å². The minimum atomic E-state index is -1.22. The first-order chi connectivity index (χ1) is 9.88. The van der Waals surface area contributed by atoms with E-state index in [0.717, 1.165) is 0 Å². The summed E-state index contributed by atoms with van der Waals surface area (Å²) in [6.07, 6.45) is 1.33. The number of aliphatic hydroxyl groups is 1. The predicted molar refractivity (Wildman–Crippen MR) is 80.4 cm³/mol. The molecular weight excluding hydrogens is 292 g/mol. The van der Waals surface area contributed by atoms with Crippen molar-refractivity contribution in [2.45, 2.75) is 12.5 Å². The molecule has 0 aliphatic carbocycles. The SMILES string of the molecule is CC(O)(CNC(=O)c1ccc(=O)[nH]c1)c1ccc(Cl)cc1. The van der Waals surface area contributed by atoms with Gasteiger partial charge in [-0.25, -0.2) is 0 Å². The van der Waals surface area contributed by atoms with Crippen LogP contribution in [0.15, 0.2) is 47.4 Å². The Kier molecular flexibility index (Phi) is 4.45. The minimum absolute atomic E-state index is 0.0343. The van der Waals surface area contributed by atoms with Crippen LogP contribution >= 0.6 is 11.6 Å². The Morgan fingerprint density at radius 1 is 1.29 bits per heavy atom. The number of carbonyl (C=O) groups excluding carboxylic acids is 1. The second-order valence-corrected chi connectivity index (χ2v) is 5.34. The van der Waals surface area contributed by atoms with Gasteiger partial charge < -0.3 is 15.4 Å². The maximum Gasteiger partial charge on any atom is 0.252 e. The summed E-state index contributed by atoms with van der Waals surface area (Å²) in [4.78, 5) is 25.3. The fraction of sp³-hybridized carbons (Fsp3) is 0.200. The zero-order valence-corrected chi connectivity index (χ0v) is 12.1. The summed E-state index contributed by atoms with van der Waals surface area (Å²) in [6, 6.07) is 9.45. The standard InChI is InChI=1S/C15H15ClN2O3/c1-15(21,11-3-5-12(16)6-4-11)9-18-14(20)10-2-7-13(19)17-8-10/h2-8,21H,9H2,1H3,(H,17,19)(H,18,20). The molecule has 0 saturated heterocycles. The normalized spacial score (nSPS) is 13.5. The van der Waals surface area contributed by atoms with E-state index in [-0.39, 0.29) is 18.0 Å². The van der Waals surface area contributed by atoms with Crippen LogP contribution in [0.25, 0.3) is 0 Å². The van der Waals surface area contributed by atoms with Gasteiger partial charge in [-0.1, -0.05) is 23.7 Å². The topological polar surface area (TPSA) is 82.2 Å². The van der Waals surface area contributed by atoms with Gasteiger partial charge in [0, 0.05) is 17.3 Å². The van der Waals surface area contributed by atoms with Crippen LogP contribution in [0.2, 0.25) is 5.02 Å². The molecule has 1 atom stereocenters. The first-order valence-electron chi connectivity index (χ1n) is 6.34. The number of hydrogen-bond acceptors (Lipinski definition) is 3. The molecule has 21 heavy (non-hydrogen) atoms. The zero-order valence-electron chi connectivity index (χ0n) is 11.4. The van der Waals surface area contributed by atoms with Gasteiger partial charge in [-0.2, -0.15) is 0 Å². The molecule has 0 bridgehead atoms. The number of carbonyl (C=O) groups is 1. The lowest BCUT2D eigenvalue weighted by Gasteiger charge is -2.24. The number of rotatable bonds is 4. The van der Waals surface area contributed by atoms with Crippen LogP contribution in [-0.2, 0) is 5.60 Å². The monoisotopic (exact) mass is 306 g/mol. The van der Waals surface area contributed by atoms with E-state index >= 15 is 0 Å². The average molecular weight is 307 g/mol. The average Bonchev–Trinajstić information content (AvgIpc) is 2.46. The van der Waals surface area contributed by atoms with Crippen LogP contribution in [0.5, 0.6) is 0 Å². The van der Waals surface area contributed by atoms with Crippen molar-refractivity contribution in [2.24, 2.45) is 0 Å². The fourth-order valence-corrected chi connectivity index (χ4v) is 1.94. The van der Waals surface area contributed by atoms with Crippen molar-refractivity contribution in [3.8, 4) is 0 Å². The zero-order chi connectivity index (χ0) is 15.5. The van der Waals surface area contributed by atoms with Crippen molar-refractivity contribution in [1.82, 2.24) is 10.3 Å². The van der Waals surface area contributed by atoms with Crippen LogP contribution in [-0.4, -0.2) is 22.5 Å². The lowest BCUT2D eigenvalue weighted by atomic mass is 9.96. The number of aromatic nitrogens is 1. The number of aromatic amines is 1. The van der Waals surface area contributed by atoms with Gasteiger partial charge in [0.05, 0.1) is 12.1 Å². The third-order valence-corrected chi connectivity index (χ3v) is 3.36. The van der Waals surface area contributed by atoms with Crippen molar-refractivity contribution >= 4 is 17.5 Å². The first kappa shape index (κ1) is 15.3. The molecule has 1 amide bonds. The first-order valence-corrected chi connectivity index (χ1v) is 6.72. The molecule has 0 spiro atoms. The van der Waals surface area contributed by atoms with Gasteiger partial charge in [-0.15, -0.1) is 0 Å². The molecule has 2 rings (SSSR count). The van der Waals surface area contributed by atoms with Crippen molar-refractivity contribution in [3.05, 3.63) is 69.1 Å². The number of benzene rings is 1. The Morgan fingerprint density at radius 2 is 1.95 bits per heavy atom. The third kappa shape index (κ3) is 3.93. The highest BCUT2D eigenvalue weighted by Crippen LogP contribution is 2.21. The van der Waals surface area contributed by atoms with E-state index in [2.05, 4.69) is 10.3 Å². The Morgan fingerprint density at radius 3 is 2.52 bits per heavy atom. The number of pyridine rings is 1. The highest BCUT2D eigenvalue weighted by atomic mass is 35.5. The summed E-state index contributed by atoms with van der Waals surface area (Å²) in [5.74, 6) is -0.375. The van der Waals surface area contributed by atoms with Crippen LogP contribution < -0.4 is 10.9 Å². The van der Waals surface area contributed by atoms with E-state index in [9.17, 15) is 14.7 Å². The maximum atomic E-state index is 11.9. The molecule has 2 aromatic rings. The summed E-state index contributed by atoms with van der Waals surface area (Å²) in [7, 11) is 0. The molecule has 1 aromatic carbocycles. The molecule has 0 radical (unpaired) electrons. The molecule has 1 unspecified atom stereocenters. The van der Waals surface area contributed by atoms with Gasteiger partial charge in [0.25, 0.3) is 5.91 Å². The van der Waals surface area contributed by atoms with Crippen LogP contribution in [0.3, 0.4) is 0 Å².